The van der Waals surface area contributed by atoms with Crippen molar-refractivity contribution in [1.29, 1.82) is 5.26 Å². The lowest BCUT2D eigenvalue weighted by Crippen LogP contribution is -2.47. The fraction of sp³-hybridized carbons (Fsp3) is 0.478. The first-order chi connectivity index (χ1) is 15.6. The number of nitrogens with one attached hydrogen (secondary N) is 2. The molecular weight excluding hydrogens is 422 g/mol. The third-order valence-corrected chi connectivity index (χ3v) is 7.64. The zero-order valence-corrected chi connectivity index (χ0v) is 18.9. The average molecular weight is 450 g/mol. The Morgan fingerprint density at radius 1 is 1.28 bits per heavy atom. The molecule has 0 aromatic carbocycles. The summed E-state index contributed by atoms with van der Waals surface area (Å²) in [6, 6.07) is 9.65. The van der Waals surface area contributed by atoms with Gasteiger partial charge in [0.25, 0.3) is 0 Å². The summed E-state index contributed by atoms with van der Waals surface area (Å²) in [5.74, 6) is 1.52. The normalized spacial score (nSPS) is 22.7. The Kier molecular flexibility index (Phi) is 5.91. The van der Waals surface area contributed by atoms with Crippen LogP contribution in [0.3, 0.4) is 0 Å². The summed E-state index contributed by atoms with van der Waals surface area (Å²) < 4.78 is 0. The summed E-state index contributed by atoms with van der Waals surface area (Å²) in [6.07, 6.45) is 6.94. The van der Waals surface area contributed by atoms with Gasteiger partial charge in [-0.2, -0.15) is 5.26 Å². The van der Waals surface area contributed by atoms with Crippen molar-refractivity contribution in [2.45, 2.75) is 63.8 Å². The summed E-state index contributed by atoms with van der Waals surface area (Å²) in [6.45, 7) is 2.76. The van der Waals surface area contributed by atoms with Gasteiger partial charge in [-0.3, -0.25) is 9.88 Å². The minimum absolute atomic E-state index is 0.0138. The van der Waals surface area contributed by atoms with Crippen molar-refractivity contribution in [3.63, 3.8) is 0 Å². The number of rotatable bonds is 7. The second-order valence-electron chi connectivity index (χ2n) is 8.58. The fourth-order valence-electron chi connectivity index (χ4n) is 5.12. The largest absolute Gasteiger partial charge is 0.391 e. The molecule has 0 aliphatic carbocycles. The van der Waals surface area contributed by atoms with Crippen molar-refractivity contribution in [1.82, 2.24) is 19.9 Å². The van der Waals surface area contributed by atoms with Crippen LogP contribution in [-0.4, -0.2) is 49.6 Å². The maximum atomic E-state index is 9.47. The molecule has 3 atom stereocenters. The maximum absolute atomic E-state index is 9.47. The van der Waals surface area contributed by atoms with Crippen molar-refractivity contribution in [2.75, 3.05) is 17.2 Å². The van der Waals surface area contributed by atoms with Crippen molar-refractivity contribution in [3.8, 4) is 6.07 Å². The van der Waals surface area contributed by atoms with Crippen LogP contribution >= 0.6 is 11.3 Å². The van der Waals surface area contributed by atoms with E-state index in [0.29, 0.717) is 35.5 Å². The average Bonchev–Trinajstić information content (AvgIpc) is 3.26. The highest BCUT2D eigenvalue weighted by Gasteiger charge is 2.40. The van der Waals surface area contributed by atoms with Gasteiger partial charge in [0.1, 0.15) is 11.6 Å². The molecule has 0 unspecified atom stereocenters. The molecule has 5 heterocycles. The van der Waals surface area contributed by atoms with E-state index in [1.54, 1.807) is 6.20 Å². The summed E-state index contributed by atoms with van der Waals surface area (Å²) in [7, 11) is 0. The number of nitrogens with zero attached hydrogens (tertiary/aromatic N) is 5. The van der Waals surface area contributed by atoms with E-state index in [-0.39, 0.29) is 6.61 Å². The first-order valence-electron chi connectivity index (χ1n) is 11.1. The molecule has 32 heavy (non-hydrogen) atoms. The molecule has 0 saturated carbocycles. The highest BCUT2D eigenvalue weighted by molar-refractivity contribution is 7.15. The number of piperidine rings is 1. The predicted molar refractivity (Wildman–Crippen MR) is 126 cm³/mol. The Hall–Kier alpha value is -2.80. The number of aliphatic hydroxyl groups is 1. The van der Waals surface area contributed by atoms with Crippen LogP contribution in [0.5, 0.6) is 0 Å². The van der Waals surface area contributed by atoms with Crippen LogP contribution < -0.4 is 10.6 Å². The van der Waals surface area contributed by atoms with Crippen LogP contribution in [0.2, 0.25) is 0 Å². The highest BCUT2D eigenvalue weighted by atomic mass is 32.1. The molecule has 0 amide bonds. The molecule has 2 aliphatic rings. The molecule has 2 bridgehead atoms. The first-order valence-corrected chi connectivity index (χ1v) is 12.0. The Balaban J connectivity index is 1.38. The van der Waals surface area contributed by atoms with Crippen LogP contribution in [-0.2, 0) is 6.61 Å². The minimum Gasteiger partial charge on any atom is -0.391 e. The minimum atomic E-state index is -0.0138. The van der Waals surface area contributed by atoms with E-state index in [2.05, 4.69) is 37.6 Å². The SMILES string of the molecule is Cc1nc(Nc2cc3ncccc3c(N[C@@H]3C[C@H]4CC[C@@H](C3)N4CCC#N)n2)sc1CO. The quantitative estimate of drug-likeness (QED) is 0.497. The van der Waals surface area contributed by atoms with Gasteiger partial charge in [0.2, 0.25) is 0 Å². The lowest BCUT2D eigenvalue weighted by Gasteiger charge is -2.39. The number of thiazole rings is 1. The molecule has 166 valence electrons. The third kappa shape index (κ3) is 4.13. The Labute approximate surface area is 191 Å². The molecule has 2 saturated heterocycles. The molecule has 3 N–H and O–H groups in total. The highest BCUT2D eigenvalue weighted by Crippen LogP contribution is 2.37. The lowest BCUT2D eigenvalue weighted by atomic mass is 9.97. The lowest BCUT2D eigenvalue weighted by molar-refractivity contribution is 0.136. The first kappa shape index (κ1) is 21.1. The van der Waals surface area contributed by atoms with Gasteiger partial charge in [0.05, 0.1) is 28.8 Å². The zero-order chi connectivity index (χ0) is 22.1. The third-order valence-electron chi connectivity index (χ3n) is 6.58. The van der Waals surface area contributed by atoms with Crippen LogP contribution in [0.4, 0.5) is 16.8 Å². The van der Waals surface area contributed by atoms with Crippen molar-refractivity contribution >= 4 is 39.0 Å². The van der Waals surface area contributed by atoms with Crippen molar-refractivity contribution in [3.05, 3.63) is 35.0 Å². The molecule has 5 rings (SSSR count). The standard InChI is InChI=1S/C23H27N7OS/c1-14-20(13-31)32-23(26-14)29-21-12-19-18(4-2-8-25-19)22(28-21)27-15-10-16-5-6-17(11-15)30(16)9-3-7-24/h2,4,8,12,15-17,31H,3,5-6,9-11,13H2,1H3,(H2,26,27,28,29)/t15-,16-,17+. The Bertz CT molecular complexity index is 1140. The number of fused-ring (bicyclic) bond motifs is 3. The van der Waals surface area contributed by atoms with Crippen LogP contribution in [0.15, 0.2) is 24.4 Å². The Morgan fingerprint density at radius 3 is 2.81 bits per heavy atom. The van der Waals surface area contributed by atoms with Gasteiger partial charge >= 0.3 is 0 Å². The van der Waals surface area contributed by atoms with E-state index in [1.165, 1.54) is 24.2 Å². The molecule has 3 aromatic rings. The number of aromatic nitrogens is 3. The van der Waals surface area contributed by atoms with Crippen LogP contribution in [0, 0.1) is 18.3 Å². The Morgan fingerprint density at radius 2 is 2.09 bits per heavy atom. The smallest absolute Gasteiger partial charge is 0.188 e. The summed E-state index contributed by atoms with van der Waals surface area (Å²) in [4.78, 5) is 17.3. The number of anilines is 3. The molecule has 8 nitrogen and oxygen atoms in total. The zero-order valence-electron chi connectivity index (χ0n) is 18.1. The van der Waals surface area contributed by atoms with Crippen LogP contribution in [0.25, 0.3) is 10.9 Å². The number of pyridine rings is 2. The van der Waals surface area contributed by atoms with E-state index in [1.807, 2.05) is 19.1 Å². The second-order valence-corrected chi connectivity index (χ2v) is 9.66. The van der Waals surface area contributed by atoms with E-state index in [9.17, 15) is 5.11 Å². The van der Waals surface area contributed by atoms with Gasteiger partial charge in [-0.25, -0.2) is 9.97 Å². The maximum Gasteiger partial charge on any atom is 0.188 e. The number of aliphatic hydroxyl groups excluding tert-OH is 1. The van der Waals surface area contributed by atoms with E-state index in [4.69, 9.17) is 10.2 Å². The molecule has 3 aromatic heterocycles. The van der Waals surface area contributed by atoms with Gasteiger partial charge in [0, 0.05) is 48.7 Å². The number of hydrogen-bond acceptors (Lipinski definition) is 9. The molecule has 0 radical (unpaired) electrons. The second kappa shape index (κ2) is 8.98. The summed E-state index contributed by atoms with van der Waals surface area (Å²) in [5, 5.41) is 27.2. The summed E-state index contributed by atoms with van der Waals surface area (Å²) in [5.41, 5.74) is 1.70. The van der Waals surface area contributed by atoms with E-state index in [0.717, 1.165) is 46.7 Å². The molecule has 0 spiro atoms. The molecular formula is C23H27N7OS. The topological polar surface area (TPSA) is 110 Å². The predicted octanol–water partition coefficient (Wildman–Crippen LogP) is 3.95. The monoisotopic (exact) mass is 449 g/mol. The van der Waals surface area contributed by atoms with E-state index < -0.39 is 0 Å². The molecule has 9 heteroatoms. The van der Waals surface area contributed by atoms with Gasteiger partial charge in [-0.1, -0.05) is 11.3 Å². The number of nitriles is 1. The number of hydrogen-bond donors (Lipinski definition) is 3. The van der Waals surface area contributed by atoms with Gasteiger partial charge in [-0.05, 0) is 44.7 Å². The molecule has 2 aliphatic heterocycles. The van der Waals surface area contributed by atoms with Crippen molar-refractivity contribution in [2.24, 2.45) is 0 Å². The van der Waals surface area contributed by atoms with Gasteiger partial charge in [0.15, 0.2) is 5.13 Å². The van der Waals surface area contributed by atoms with Gasteiger partial charge < -0.3 is 15.7 Å². The van der Waals surface area contributed by atoms with Crippen LogP contribution in [0.1, 0.15) is 42.7 Å². The number of aryl methyl sites for hydroxylation is 1. The molecule has 2 fully saturated rings. The van der Waals surface area contributed by atoms with E-state index >= 15 is 0 Å². The van der Waals surface area contributed by atoms with Gasteiger partial charge in [-0.15, -0.1) is 0 Å². The summed E-state index contributed by atoms with van der Waals surface area (Å²) >= 11 is 1.44. The fourth-order valence-corrected chi connectivity index (χ4v) is 5.95. The van der Waals surface area contributed by atoms with Crippen molar-refractivity contribution < 1.29 is 5.11 Å².